The molecule has 0 aliphatic heterocycles. The zero-order valence-corrected chi connectivity index (χ0v) is 11.3. The molecule has 0 bridgehead atoms. The molecule has 100 valence electrons. The molecule has 1 heterocycles. The van der Waals surface area contributed by atoms with Crippen LogP contribution in [0.2, 0.25) is 10.2 Å². The van der Waals surface area contributed by atoms with Gasteiger partial charge < -0.3 is 10.1 Å². The minimum Gasteiger partial charge on any atom is -0.385 e. The Kier molecular flexibility index (Phi) is 6.11. The lowest BCUT2D eigenvalue weighted by Crippen LogP contribution is -2.33. The normalized spacial score (nSPS) is 10.4. The van der Waals surface area contributed by atoms with Gasteiger partial charge in [-0.15, -0.1) is 0 Å². The molecule has 0 saturated carbocycles. The van der Waals surface area contributed by atoms with Crippen LogP contribution in [-0.2, 0) is 16.1 Å². The molecular formula is C10H13Cl2N3O3. The lowest BCUT2D eigenvalue weighted by Gasteiger charge is -2.07. The third-order valence-electron chi connectivity index (χ3n) is 2.10. The number of amides is 1. The topological polar surface area (TPSA) is 73.2 Å². The largest absolute Gasteiger partial charge is 0.385 e. The molecule has 0 unspecified atom stereocenters. The van der Waals surface area contributed by atoms with E-state index in [2.05, 4.69) is 10.3 Å². The Morgan fingerprint density at radius 1 is 1.56 bits per heavy atom. The van der Waals surface area contributed by atoms with Crippen LogP contribution in [0.15, 0.2) is 11.1 Å². The standard InChI is InChI=1S/C10H13Cl2N3O3/c1-18-4-2-3-13-7(16)5-15-6-14-9(12)8(11)10(15)17/h6H,2-5H2,1H3,(H,13,16). The molecule has 0 radical (unpaired) electrons. The Labute approximate surface area is 114 Å². The molecule has 1 amide bonds. The van der Waals surface area contributed by atoms with Crippen molar-refractivity contribution in [1.29, 1.82) is 0 Å². The Morgan fingerprint density at radius 3 is 2.94 bits per heavy atom. The summed E-state index contributed by atoms with van der Waals surface area (Å²) in [7, 11) is 1.59. The maximum absolute atomic E-state index is 11.6. The van der Waals surface area contributed by atoms with Crippen molar-refractivity contribution in [3.05, 3.63) is 26.9 Å². The van der Waals surface area contributed by atoms with Crippen LogP contribution in [0.25, 0.3) is 0 Å². The maximum Gasteiger partial charge on any atom is 0.274 e. The van der Waals surface area contributed by atoms with E-state index in [1.807, 2.05) is 0 Å². The molecule has 0 aliphatic carbocycles. The average molecular weight is 294 g/mol. The average Bonchev–Trinajstić information content (AvgIpc) is 2.35. The summed E-state index contributed by atoms with van der Waals surface area (Å²) < 4.78 is 5.94. The first-order chi connectivity index (χ1) is 8.56. The van der Waals surface area contributed by atoms with Crippen LogP contribution in [0.3, 0.4) is 0 Å². The summed E-state index contributed by atoms with van der Waals surface area (Å²) >= 11 is 11.2. The van der Waals surface area contributed by atoms with E-state index in [0.717, 1.165) is 4.57 Å². The number of aromatic nitrogens is 2. The minimum absolute atomic E-state index is 0.0709. The fourth-order valence-electron chi connectivity index (χ4n) is 1.21. The van der Waals surface area contributed by atoms with Crippen LogP contribution >= 0.6 is 23.2 Å². The fraction of sp³-hybridized carbons (Fsp3) is 0.500. The van der Waals surface area contributed by atoms with Crippen molar-refractivity contribution in [2.45, 2.75) is 13.0 Å². The third kappa shape index (κ3) is 4.29. The Morgan fingerprint density at radius 2 is 2.28 bits per heavy atom. The molecule has 18 heavy (non-hydrogen) atoms. The summed E-state index contributed by atoms with van der Waals surface area (Å²) in [6.07, 6.45) is 1.89. The highest BCUT2D eigenvalue weighted by Crippen LogP contribution is 2.12. The van der Waals surface area contributed by atoms with E-state index in [4.69, 9.17) is 27.9 Å². The van der Waals surface area contributed by atoms with Gasteiger partial charge in [0.15, 0.2) is 5.15 Å². The SMILES string of the molecule is COCCCNC(=O)Cn1cnc(Cl)c(Cl)c1=O. The van der Waals surface area contributed by atoms with Crippen LogP contribution in [0, 0.1) is 0 Å². The predicted octanol–water partition coefficient (Wildman–Crippen LogP) is 0.703. The molecule has 0 fully saturated rings. The number of nitrogens with one attached hydrogen (secondary N) is 1. The molecule has 1 N–H and O–H groups in total. The number of carbonyl (C=O) groups excluding carboxylic acids is 1. The smallest absolute Gasteiger partial charge is 0.274 e. The van der Waals surface area contributed by atoms with E-state index in [1.54, 1.807) is 7.11 Å². The van der Waals surface area contributed by atoms with Gasteiger partial charge >= 0.3 is 0 Å². The summed E-state index contributed by atoms with van der Waals surface area (Å²) in [4.78, 5) is 26.8. The summed E-state index contributed by atoms with van der Waals surface area (Å²) in [5.74, 6) is -0.298. The molecule has 1 aromatic rings. The Balaban J connectivity index is 2.55. The highest BCUT2D eigenvalue weighted by molar-refractivity contribution is 6.40. The fourth-order valence-corrected chi connectivity index (χ4v) is 1.49. The van der Waals surface area contributed by atoms with E-state index >= 15 is 0 Å². The molecule has 0 spiro atoms. The van der Waals surface area contributed by atoms with Crippen LogP contribution in [0.5, 0.6) is 0 Å². The number of methoxy groups -OCH3 is 1. The number of hydrogen-bond donors (Lipinski definition) is 1. The third-order valence-corrected chi connectivity index (χ3v) is 2.83. The second kappa shape index (κ2) is 7.35. The quantitative estimate of drug-likeness (QED) is 0.619. The summed E-state index contributed by atoms with van der Waals surface area (Å²) in [6.45, 7) is 0.903. The van der Waals surface area contributed by atoms with Crippen molar-refractivity contribution >= 4 is 29.1 Å². The molecule has 8 heteroatoms. The van der Waals surface area contributed by atoms with Crippen LogP contribution in [-0.4, -0.2) is 35.7 Å². The van der Waals surface area contributed by atoms with Gasteiger partial charge in [-0.25, -0.2) is 4.98 Å². The first kappa shape index (κ1) is 14.9. The van der Waals surface area contributed by atoms with Gasteiger partial charge in [-0.05, 0) is 6.42 Å². The van der Waals surface area contributed by atoms with E-state index in [-0.39, 0.29) is 22.6 Å². The molecule has 1 aromatic heterocycles. The Hall–Kier alpha value is -1.11. The number of ether oxygens (including phenoxy) is 1. The summed E-state index contributed by atoms with van der Waals surface area (Å²) in [6, 6.07) is 0. The second-order valence-corrected chi connectivity index (χ2v) is 4.21. The molecular weight excluding hydrogens is 281 g/mol. The molecule has 6 nitrogen and oxygen atoms in total. The van der Waals surface area contributed by atoms with Crippen molar-refractivity contribution in [1.82, 2.24) is 14.9 Å². The van der Waals surface area contributed by atoms with Crippen molar-refractivity contribution in [2.75, 3.05) is 20.3 Å². The van der Waals surface area contributed by atoms with Gasteiger partial charge in [0.1, 0.15) is 11.6 Å². The van der Waals surface area contributed by atoms with Crippen LogP contribution in [0.4, 0.5) is 0 Å². The molecule has 1 rings (SSSR count). The number of halogens is 2. The zero-order valence-electron chi connectivity index (χ0n) is 9.78. The monoisotopic (exact) mass is 293 g/mol. The van der Waals surface area contributed by atoms with E-state index in [9.17, 15) is 9.59 Å². The second-order valence-electron chi connectivity index (χ2n) is 3.48. The molecule has 0 atom stereocenters. The van der Waals surface area contributed by atoms with Gasteiger partial charge in [0.05, 0.1) is 6.33 Å². The minimum atomic E-state index is -0.538. The number of carbonyl (C=O) groups is 1. The number of hydrogen-bond acceptors (Lipinski definition) is 4. The van der Waals surface area contributed by atoms with Gasteiger partial charge in [-0.2, -0.15) is 0 Å². The maximum atomic E-state index is 11.6. The molecule has 0 aromatic carbocycles. The first-order valence-electron chi connectivity index (χ1n) is 5.22. The van der Waals surface area contributed by atoms with Crippen molar-refractivity contribution in [3.63, 3.8) is 0 Å². The number of rotatable bonds is 6. The first-order valence-corrected chi connectivity index (χ1v) is 5.98. The molecule has 0 saturated heterocycles. The van der Waals surface area contributed by atoms with Gasteiger partial charge in [0, 0.05) is 20.3 Å². The Bertz CT molecular complexity index is 476. The van der Waals surface area contributed by atoms with Crippen LogP contribution < -0.4 is 10.9 Å². The zero-order chi connectivity index (χ0) is 13.5. The van der Waals surface area contributed by atoms with Crippen molar-refractivity contribution in [2.24, 2.45) is 0 Å². The van der Waals surface area contributed by atoms with Gasteiger partial charge in [0.2, 0.25) is 5.91 Å². The van der Waals surface area contributed by atoms with Gasteiger partial charge in [0.25, 0.3) is 5.56 Å². The summed E-state index contributed by atoms with van der Waals surface area (Å²) in [5.41, 5.74) is -0.538. The number of nitrogens with zero attached hydrogens (tertiary/aromatic N) is 2. The van der Waals surface area contributed by atoms with Crippen molar-refractivity contribution in [3.8, 4) is 0 Å². The van der Waals surface area contributed by atoms with E-state index in [1.165, 1.54) is 6.33 Å². The summed E-state index contributed by atoms with van der Waals surface area (Å²) in [5, 5.41) is 2.39. The van der Waals surface area contributed by atoms with E-state index in [0.29, 0.717) is 19.6 Å². The van der Waals surface area contributed by atoms with Crippen molar-refractivity contribution < 1.29 is 9.53 Å². The lowest BCUT2D eigenvalue weighted by atomic mass is 10.4. The van der Waals surface area contributed by atoms with Gasteiger partial charge in [-0.3, -0.25) is 14.2 Å². The van der Waals surface area contributed by atoms with Gasteiger partial charge in [-0.1, -0.05) is 23.2 Å². The lowest BCUT2D eigenvalue weighted by molar-refractivity contribution is -0.121. The highest BCUT2D eigenvalue weighted by atomic mass is 35.5. The molecule has 0 aliphatic rings. The highest BCUT2D eigenvalue weighted by Gasteiger charge is 2.09. The van der Waals surface area contributed by atoms with E-state index < -0.39 is 5.56 Å². The predicted molar refractivity (Wildman–Crippen MR) is 68.0 cm³/mol. The van der Waals surface area contributed by atoms with Crippen LogP contribution in [0.1, 0.15) is 6.42 Å².